The largest absolute Gasteiger partial charge is 0.488 e. The highest BCUT2D eigenvalue weighted by molar-refractivity contribution is 5.54. The van der Waals surface area contributed by atoms with E-state index in [0.717, 1.165) is 29.9 Å². The van der Waals surface area contributed by atoms with Gasteiger partial charge in [0.25, 0.3) is 0 Å². The van der Waals surface area contributed by atoms with Crippen LogP contribution in [-0.2, 0) is 0 Å². The van der Waals surface area contributed by atoms with E-state index in [2.05, 4.69) is 18.8 Å². The second kappa shape index (κ2) is 4.98. The lowest BCUT2D eigenvalue weighted by Crippen LogP contribution is -2.44. The normalized spacial score (nSPS) is 12.0. The molecule has 2 rings (SSSR count). The SMILES string of the molecule is CCC(N)(CC)COc1cccn2cc(C)nc12. The van der Waals surface area contributed by atoms with Gasteiger partial charge in [-0.3, -0.25) is 0 Å². The molecule has 98 valence electrons. The molecule has 0 aliphatic rings. The number of fused-ring (bicyclic) bond motifs is 1. The maximum atomic E-state index is 6.24. The summed E-state index contributed by atoms with van der Waals surface area (Å²) >= 11 is 0. The average Bonchev–Trinajstić information content (AvgIpc) is 2.76. The number of aryl methyl sites for hydroxylation is 1. The zero-order chi connectivity index (χ0) is 13.2. The molecule has 0 unspecified atom stereocenters. The predicted octanol–water partition coefficient (Wildman–Crippen LogP) is 2.54. The van der Waals surface area contributed by atoms with Crippen molar-refractivity contribution in [1.29, 1.82) is 0 Å². The Balaban J connectivity index is 2.21. The number of nitrogens with zero attached hydrogens (tertiary/aromatic N) is 2. The Kier molecular flexibility index (Phi) is 3.57. The molecule has 4 heteroatoms. The lowest BCUT2D eigenvalue weighted by molar-refractivity contribution is 0.208. The summed E-state index contributed by atoms with van der Waals surface area (Å²) in [5.74, 6) is 0.794. The van der Waals surface area contributed by atoms with Crippen LogP contribution in [0.1, 0.15) is 32.4 Å². The molecule has 2 N–H and O–H groups in total. The minimum Gasteiger partial charge on any atom is -0.488 e. The molecule has 0 bridgehead atoms. The van der Waals surface area contributed by atoms with Crippen LogP contribution in [0, 0.1) is 6.92 Å². The number of hydrogen-bond donors (Lipinski definition) is 1. The number of imidazole rings is 1. The smallest absolute Gasteiger partial charge is 0.179 e. The van der Waals surface area contributed by atoms with Crippen molar-refractivity contribution in [3.05, 3.63) is 30.2 Å². The molecule has 0 aromatic carbocycles. The molecule has 0 aliphatic heterocycles. The second-order valence-electron chi connectivity index (χ2n) is 4.84. The summed E-state index contributed by atoms with van der Waals surface area (Å²) in [5, 5.41) is 0. The lowest BCUT2D eigenvalue weighted by atomic mass is 9.96. The van der Waals surface area contributed by atoms with Gasteiger partial charge < -0.3 is 14.9 Å². The molecule has 0 fully saturated rings. The highest BCUT2D eigenvalue weighted by atomic mass is 16.5. The summed E-state index contributed by atoms with van der Waals surface area (Å²) in [5.41, 5.74) is 7.82. The van der Waals surface area contributed by atoms with E-state index in [-0.39, 0.29) is 5.54 Å². The van der Waals surface area contributed by atoms with E-state index in [1.807, 2.05) is 35.9 Å². The molecule has 0 aliphatic carbocycles. The van der Waals surface area contributed by atoms with Gasteiger partial charge in [0, 0.05) is 17.9 Å². The highest BCUT2D eigenvalue weighted by Crippen LogP contribution is 2.21. The molecule has 0 spiro atoms. The predicted molar refractivity (Wildman–Crippen MR) is 72.9 cm³/mol. The second-order valence-corrected chi connectivity index (χ2v) is 4.84. The topological polar surface area (TPSA) is 52.5 Å². The van der Waals surface area contributed by atoms with Crippen LogP contribution in [-0.4, -0.2) is 21.5 Å². The number of aromatic nitrogens is 2. The van der Waals surface area contributed by atoms with Crippen molar-refractivity contribution in [3.63, 3.8) is 0 Å². The van der Waals surface area contributed by atoms with Crippen molar-refractivity contribution in [2.45, 2.75) is 39.2 Å². The van der Waals surface area contributed by atoms with E-state index < -0.39 is 0 Å². The van der Waals surface area contributed by atoms with E-state index in [9.17, 15) is 0 Å². The molecular formula is C14H21N3O. The van der Waals surface area contributed by atoms with Crippen molar-refractivity contribution in [2.24, 2.45) is 5.73 Å². The summed E-state index contributed by atoms with van der Waals surface area (Å²) in [6.07, 6.45) is 5.76. The number of rotatable bonds is 5. The van der Waals surface area contributed by atoms with Crippen LogP contribution in [0.5, 0.6) is 5.75 Å². The van der Waals surface area contributed by atoms with Gasteiger partial charge in [0.2, 0.25) is 0 Å². The molecule has 2 aromatic heterocycles. The zero-order valence-corrected chi connectivity index (χ0v) is 11.3. The summed E-state index contributed by atoms with van der Waals surface area (Å²) in [4.78, 5) is 4.46. The Morgan fingerprint density at radius 1 is 1.39 bits per heavy atom. The third-order valence-corrected chi connectivity index (χ3v) is 3.49. The Labute approximate surface area is 108 Å². The minimum absolute atomic E-state index is 0.255. The summed E-state index contributed by atoms with van der Waals surface area (Å²) < 4.78 is 7.84. The van der Waals surface area contributed by atoms with Crippen LogP contribution in [0.25, 0.3) is 5.65 Å². The van der Waals surface area contributed by atoms with Crippen LogP contribution < -0.4 is 10.5 Å². The molecule has 2 aromatic rings. The third-order valence-electron chi connectivity index (χ3n) is 3.49. The average molecular weight is 247 g/mol. The molecule has 0 atom stereocenters. The monoisotopic (exact) mass is 247 g/mol. The van der Waals surface area contributed by atoms with E-state index in [1.54, 1.807) is 0 Å². The van der Waals surface area contributed by atoms with Crippen LogP contribution in [0.2, 0.25) is 0 Å². The van der Waals surface area contributed by atoms with E-state index in [1.165, 1.54) is 0 Å². The van der Waals surface area contributed by atoms with Crippen molar-refractivity contribution >= 4 is 5.65 Å². The summed E-state index contributed by atoms with van der Waals surface area (Å²) in [6, 6.07) is 3.90. The fourth-order valence-electron chi connectivity index (χ4n) is 1.90. The van der Waals surface area contributed by atoms with Crippen LogP contribution in [0.4, 0.5) is 0 Å². The fourth-order valence-corrected chi connectivity index (χ4v) is 1.90. The van der Waals surface area contributed by atoms with E-state index in [4.69, 9.17) is 10.5 Å². The van der Waals surface area contributed by atoms with Crippen LogP contribution >= 0.6 is 0 Å². The number of pyridine rings is 1. The van der Waals surface area contributed by atoms with Gasteiger partial charge in [-0.15, -0.1) is 0 Å². The van der Waals surface area contributed by atoms with E-state index in [0.29, 0.717) is 6.61 Å². The standard InChI is InChI=1S/C14H21N3O/c1-4-14(15,5-2)10-18-12-7-6-8-17-9-11(3)16-13(12)17/h6-9H,4-5,10,15H2,1-3H3. The van der Waals surface area contributed by atoms with Gasteiger partial charge in [-0.05, 0) is 31.9 Å². The molecule has 18 heavy (non-hydrogen) atoms. The molecule has 0 saturated carbocycles. The fraction of sp³-hybridized carbons (Fsp3) is 0.500. The first-order chi connectivity index (χ1) is 8.58. The first-order valence-corrected chi connectivity index (χ1v) is 6.44. The van der Waals surface area contributed by atoms with Crippen molar-refractivity contribution in [1.82, 2.24) is 9.38 Å². The van der Waals surface area contributed by atoms with Gasteiger partial charge in [0.05, 0.1) is 5.69 Å². The Hall–Kier alpha value is -1.55. The quantitative estimate of drug-likeness (QED) is 0.883. The third kappa shape index (κ3) is 2.48. The van der Waals surface area contributed by atoms with Gasteiger partial charge in [-0.2, -0.15) is 0 Å². The zero-order valence-electron chi connectivity index (χ0n) is 11.3. The van der Waals surface area contributed by atoms with Crippen molar-refractivity contribution in [2.75, 3.05) is 6.61 Å². The maximum absolute atomic E-state index is 6.24. The van der Waals surface area contributed by atoms with Gasteiger partial charge in [-0.1, -0.05) is 13.8 Å². The molecular weight excluding hydrogens is 226 g/mol. The van der Waals surface area contributed by atoms with Crippen LogP contribution in [0.3, 0.4) is 0 Å². The number of hydrogen-bond acceptors (Lipinski definition) is 3. The molecule has 0 amide bonds. The molecule has 0 saturated heterocycles. The van der Waals surface area contributed by atoms with Gasteiger partial charge >= 0.3 is 0 Å². The van der Waals surface area contributed by atoms with Gasteiger partial charge in [0.15, 0.2) is 11.4 Å². The van der Waals surface area contributed by atoms with E-state index >= 15 is 0 Å². The lowest BCUT2D eigenvalue weighted by Gasteiger charge is -2.26. The summed E-state index contributed by atoms with van der Waals surface area (Å²) in [6.45, 7) is 6.67. The minimum atomic E-state index is -0.255. The number of nitrogens with two attached hydrogens (primary N) is 1. The highest BCUT2D eigenvalue weighted by Gasteiger charge is 2.21. The van der Waals surface area contributed by atoms with Crippen LogP contribution in [0.15, 0.2) is 24.5 Å². The maximum Gasteiger partial charge on any atom is 0.179 e. The van der Waals surface area contributed by atoms with Gasteiger partial charge in [0.1, 0.15) is 6.61 Å². The Bertz CT molecular complexity index is 529. The van der Waals surface area contributed by atoms with Crippen molar-refractivity contribution < 1.29 is 4.74 Å². The molecule has 4 nitrogen and oxygen atoms in total. The van der Waals surface area contributed by atoms with Gasteiger partial charge in [-0.25, -0.2) is 4.98 Å². The van der Waals surface area contributed by atoms with Crippen molar-refractivity contribution in [3.8, 4) is 5.75 Å². The summed E-state index contributed by atoms with van der Waals surface area (Å²) in [7, 11) is 0. The Morgan fingerprint density at radius 3 is 2.78 bits per heavy atom. The Morgan fingerprint density at radius 2 is 2.11 bits per heavy atom. The molecule has 2 heterocycles. The number of ether oxygens (including phenoxy) is 1. The first kappa shape index (κ1) is 12.9. The molecule has 0 radical (unpaired) electrons. The first-order valence-electron chi connectivity index (χ1n) is 6.44.